The SMILES string of the molecule is CNc1nc(NC2CCOC(C)C2)c2cn[nH]c2n1. The van der Waals surface area contributed by atoms with Gasteiger partial charge in [-0.25, -0.2) is 0 Å². The van der Waals surface area contributed by atoms with Gasteiger partial charge in [-0.05, 0) is 19.8 Å². The van der Waals surface area contributed by atoms with Gasteiger partial charge in [-0.1, -0.05) is 0 Å². The largest absolute Gasteiger partial charge is 0.378 e. The van der Waals surface area contributed by atoms with Crippen LogP contribution in [0, 0.1) is 0 Å². The summed E-state index contributed by atoms with van der Waals surface area (Å²) in [6.45, 7) is 2.89. The van der Waals surface area contributed by atoms with E-state index in [0.717, 1.165) is 36.3 Å². The van der Waals surface area contributed by atoms with Gasteiger partial charge in [0.25, 0.3) is 0 Å². The van der Waals surface area contributed by atoms with E-state index in [-0.39, 0.29) is 6.10 Å². The van der Waals surface area contributed by atoms with Crippen molar-refractivity contribution < 1.29 is 4.74 Å². The summed E-state index contributed by atoms with van der Waals surface area (Å²) in [6, 6.07) is 0.376. The highest BCUT2D eigenvalue weighted by molar-refractivity contribution is 5.87. The van der Waals surface area contributed by atoms with Gasteiger partial charge >= 0.3 is 0 Å². The lowest BCUT2D eigenvalue weighted by Gasteiger charge is -2.28. The first-order chi connectivity index (χ1) is 9.26. The van der Waals surface area contributed by atoms with Gasteiger partial charge in [0.15, 0.2) is 5.65 Å². The van der Waals surface area contributed by atoms with Gasteiger partial charge in [-0.2, -0.15) is 15.1 Å². The van der Waals surface area contributed by atoms with E-state index in [9.17, 15) is 0 Å². The van der Waals surface area contributed by atoms with Crippen LogP contribution in [0.1, 0.15) is 19.8 Å². The molecular formula is C12H18N6O. The molecule has 0 amide bonds. The van der Waals surface area contributed by atoms with Crippen LogP contribution in [0.4, 0.5) is 11.8 Å². The van der Waals surface area contributed by atoms with Crippen molar-refractivity contribution >= 4 is 22.8 Å². The molecule has 7 heteroatoms. The molecule has 0 spiro atoms. The molecule has 1 fully saturated rings. The number of nitrogens with zero attached hydrogens (tertiary/aromatic N) is 3. The van der Waals surface area contributed by atoms with E-state index in [1.165, 1.54) is 0 Å². The number of aromatic amines is 1. The predicted molar refractivity (Wildman–Crippen MR) is 73.3 cm³/mol. The third kappa shape index (κ3) is 2.46. The molecule has 1 aliphatic rings. The topological polar surface area (TPSA) is 87.8 Å². The summed E-state index contributed by atoms with van der Waals surface area (Å²) in [5, 5.41) is 14.3. The van der Waals surface area contributed by atoms with E-state index >= 15 is 0 Å². The lowest BCUT2D eigenvalue weighted by Crippen LogP contribution is -2.32. The third-order valence-corrected chi connectivity index (χ3v) is 3.36. The highest BCUT2D eigenvalue weighted by atomic mass is 16.5. The molecule has 7 nitrogen and oxygen atoms in total. The zero-order chi connectivity index (χ0) is 13.2. The highest BCUT2D eigenvalue weighted by Gasteiger charge is 2.21. The third-order valence-electron chi connectivity index (χ3n) is 3.36. The van der Waals surface area contributed by atoms with E-state index in [2.05, 4.69) is 37.7 Å². The Morgan fingerprint density at radius 2 is 2.32 bits per heavy atom. The Hall–Kier alpha value is -1.89. The Bertz CT molecular complexity index is 568. The fourth-order valence-electron chi connectivity index (χ4n) is 2.38. The number of aromatic nitrogens is 4. The number of H-pyrrole nitrogens is 1. The smallest absolute Gasteiger partial charge is 0.226 e. The molecule has 1 saturated heterocycles. The Balaban J connectivity index is 1.88. The van der Waals surface area contributed by atoms with Crippen LogP contribution in [-0.2, 0) is 4.74 Å². The molecule has 3 rings (SSSR count). The molecule has 2 aromatic heterocycles. The second-order valence-corrected chi connectivity index (χ2v) is 4.83. The summed E-state index contributed by atoms with van der Waals surface area (Å²) in [5.74, 6) is 1.40. The molecule has 102 valence electrons. The highest BCUT2D eigenvalue weighted by Crippen LogP contribution is 2.23. The van der Waals surface area contributed by atoms with E-state index in [1.807, 2.05) is 0 Å². The van der Waals surface area contributed by atoms with Crippen molar-refractivity contribution in [2.45, 2.75) is 31.9 Å². The number of hydrogen-bond donors (Lipinski definition) is 3. The number of rotatable bonds is 3. The minimum Gasteiger partial charge on any atom is -0.378 e. The van der Waals surface area contributed by atoms with Gasteiger partial charge in [-0.3, -0.25) is 5.10 Å². The van der Waals surface area contributed by atoms with Crippen LogP contribution >= 0.6 is 0 Å². The summed E-state index contributed by atoms with van der Waals surface area (Å²) >= 11 is 0. The van der Waals surface area contributed by atoms with Crippen LogP contribution in [0.25, 0.3) is 11.0 Å². The average Bonchev–Trinajstić information content (AvgIpc) is 2.87. The maximum Gasteiger partial charge on any atom is 0.226 e. The van der Waals surface area contributed by atoms with Crippen LogP contribution in [0.5, 0.6) is 0 Å². The van der Waals surface area contributed by atoms with E-state index in [0.29, 0.717) is 12.0 Å². The van der Waals surface area contributed by atoms with Crippen LogP contribution in [0.3, 0.4) is 0 Å². The molecule has 0 aromatic carbocycles. The van der Waals surface area contributed by atoms with Crippen LogP contribution in [0.2, 0.25) is 0 Å². The van der Waals surface area contributed by atoms with Crippen LogP contribution in [0.15, 0.2) is 6.20 Å². The van der Waals surface area contributed by atoms with Gasteiger partial charge in [-0.15, -0.1) is 0 Å². The first-order valence-corrected chi connectivity index (χ1v) is 6.53. The summed E-state index contributed by atoms with van der Waals surface area (Å²) in [5.41, 5.74) is 0.738. The van der Waals surface area contributed by atoms with E-state index < -0.39 is 0 Å². The van der Waals surface area contributed by atoms with Crippen molar-refractivity contribution in [3.8, 4) is 0 Å². The molecule has 3 heterocycles. The molecule has 0 aliphatic carbocycles. The van der Waals surface area contributed by atoms with Crippen molar-refractivity contribution in [1.82, 2.24) is 20.2 Å². The van der Waals surface area contributed by atoms with Crippen LogP contribution in [-0.4, -0.2) is 46.0 Å². The van der Waals surface area contributed by atoms with E-state index in [4.69, 9.17) is 4.74 Å². The molecule has 3 N–H and O–H groups in total. The van der Waals surface area contributed by atoms with Crippen molar-refractivity contribution in [3.63, 3.8) is 0 Å². The second-order valence-electron chi connectivity index (χ2n) is 4.83. The molecular weight excluding hydrogens is 244 g/mol. The van der Waals surface area contributed by atoms with Crippen LogP contribution < -0.4 is 10.6 Å². The summed E-state index contributed by atoms with van der Waals surface area (Å²) in [4.78, 5) is 8.79. The molecule has 2 atom stereocenters. The number of fused-ring (bicyclic) bond motifs is 1. The number of ether oxygens (including phenoxy) is 1. The first kappa shape index (κ1) is 12.2. The predicted octanol–water partition coefficient (Wildman–Crippen LogP) is 1.37. The summed E-state index contributed by atoms with van der Waals surface area (Å²) < 4.78 is 5.56. The Morgan fingerprint density at radius 1 is 1.42 bits per heavy atom. The lowest BCUT2D eigenvalue weighted by molar-refractivity contribution is 0.0232. The zero-order valence-corrected chi connectivity index (χ0v) is 11.1. The number of nitrogens with one attached hydrogen (secondary N) is 3. The first-order valence-electron chi connectivity index (χ1n) is 6.53. The monoisotopic (exact) mass is 262 g/mol. The Kier molecular flexibility index (Phi) is 3.20. The Labute approximate surface area is 111 Å². The molecule has 0 bridgehead atoms. The van der Waals surface area contributed by atoms with Gasteiger partial charge < -0.3 is 15.4 Å². The molecule has 0 saturated carbocycles. The van der Waals surface area contributed by atoms with Gasteiger partial charge in [0.05, 0.1) is 17.7 Å². The van der Waals surface area contributed by atoms with Gasteiger partial charge in [0.2, 0.25) is 5.95 Å². The molecule has 2 unspecified atom stereocenters. The molecule has 1 aliphatic heterocycles. The summed E-state index contributed by atoms with van der Waals surface area (Å²) in [7, 11) is 1.80. The fraction of sp³-hybridized carbons (Fsp3) is 0.583. The fourth-order valence-corrected chi connectivity index (χ4v) is 2.38. The molecule has 0 radical (unpaired) electrons. The number of anilines is 2. The molecule has 19 heavy (non-hydrogen) atoms. The minimum atomic E-state index is 0.289. The van der Waals surface area contributed by atoms with Crippen molar-refractivity contribution in [1.29, 1.82) is 0 Å². The minimum absolute atomic E-state index is 0.289. The van der Waals surface area contributed by atoms with Crippen molar-refractivity contribution in [2.75, 3.05) is 24.3 Å². The van der Waals surface area contributed by atoms with Gasteiger partial charge in [0.1, 0.15) is 5.82 Å². The average molecular weight is 262 g/mol. The lowest BCUT2D eigenvalue weighted by atomic mass is 10.0. The second kappa shape index (κ2) is 5.00. The standard InChI is InChI=1S/C12H18N6O/c1-7-5-8(3-4-19-7)15-10-9-6-14-18-11(9)17-12(13-2)16-10/h6-8H,3-5H2,1-2H3,(H3,13,14,15,16,17,18). The quantitative estimate of drug-likeness (QED) is 0.774. The van der Waals surface area contributed by atoms with Gasteiger partial charge in [0, 0.05) is 19.7 Å². The Morgan fingerprint density at radius 3 is 3.11 bits per heavy atom. The molecule has 2 aromatic rings. The summed E-state index contributed by atoms with van der Waals surface area (Å²) in [6.07, 6.45) is 4.01. The number of hydrogen-bond acceptors (Lipinski definition) is 6. The zero-order valence-electron chi connectivity index (χ0n) is 11.1. The maximum absolute atomic E-state index is 5.56. The van der Waals surface area contributed by atoms with Crippen molar-refractivity contribution in [3.05, 3.63) is 6.20 Å². The van der Waals surface area contributed by atoms with E-state index in [1.54, 1.807) is 13.2 Å². The van der Waals surface area contributed by atoms with Crippen molar-refractivity contribution in [2.24, 2.45) is 0 Å². The normalized spacial score (nSPS) is 23.5. The maximum atomic E-state index is 5.56.